The maximum Gasteiger partial charge on any atom is 0.244 e. The van der Waals surface area contributed by atoms with E-state index in [2.05, 4.69) is 17.6 Å². The van der Waals surface area contributed by atoms with Crippen LogP contribution in [0.25, 0.3) is 0 Å². The van der Waals surface area contributed by atoms with Crippen molar-refractivity contribution in [3.05, 3.63) is 18.7 Å². The molecule has 0 aliphatic heterocycles. The van der Waals surface area contributed by atoms with Gasteiger partial charge < -0.3 is 0 Å². The van der Waals surface area contributed by atoms with Gasteiger partial charge in [0, 0.05) is 0 Å². The van der Waals surface area contributed by atoms with Crippen molar-refractivity contribution in [3.63, 3.8) is 0 Å². The molecule has 0 atom stereocenters. The number of aromatic nitrogens is 2. The number of hydrogen-bond acceptors (Lipinski definition) is 1. The van der Waals surface area contributed by atoms with E-state index in [1.54, 1.807) is 0 Å². The molecule has 64 valence electrons. The zero-order chi connectivity index (χ0) is 8.81. The number of rotatable bonds is 4. The number of nitrogens with zero attached hydrogens (tertiary/aromatic N) is 3. The van der Waals surface area contributed by atoms with Crippen LogP contribution >= 0.6 is 0 Å². The molecule has 0 saturated heterocycles. The van der Waals surface area contributed by atoms with Crippen molar-refractivity contribution < 1.29 is 4.57 Å². The van der Waals surface area contributed by atoms with Crippen LogP contribution in [0.1, 0.15) is 19.8 Å². The van der Waals surface area contributed by atoms with E-state index >= 15 is 0 Å². The van der Waals surface area contributed by atoms with Crippen molar-refractivity contribution >= 4 is 0 Å². The third-order valence-corrected chi connectivity index (χ3v) is 1.77. The Labute approximate surface area is 72.9 Å². The minimum atomic E-state index is 0.444. The lowest BCUT2D eigenvalue weighted by Gasteiger charge is -1.91. The first-order valence-electron chi connectivity index (χ1n) is 4.28. The van der Waals surface area contributed by atoms with Crippen LogP contribution in [0.15, 0.2) is 18.7 Å². The van der Waals surface area contributed by atoms with Gasteiger partial charge >= 0.3 is 0 Å². The molecule has 0 spiro atoms. The highest BCUT2D eigenvalue weighted by molar-refractivity contribution is 4.75. The quantitative estimate of drug-likeness (QED) is 0.613. The lowest BCUT2D eigenvalue weighted by Crippen LogP contribution is -2.30. The summed E-state index contributed by atoms with van der Waals surface area (Å²) in [6.45, 7) is 3.67. The summed E-state index contributed by atoms with van der Waals surface area (Å²) in [5.41, 5.74) is 0. The predicted octanol–water partition coefficient (Wildman–Crippen LogP) is 1.10. The van der Waals surface area contributed by atoms with E-state index in [0.717, 1.165) is 6.54 Å². The Kier molecular flexibility index (Phi) is 3.34. The molecule has 0 aliphatic carbocycles. The first kappa shape index (κ1) is 8.79. The Morgan fingerprint density at radius 1 is 1.58 bits per heavy atom. The third-order valence-electron chi connectivity index (χ3n) is 1.77. The summed E-state index contributed by atoms with van der Waals surface area (Å²) < 4.78 is 4.00. The second kappa shape index (κ2) is 4.55. The number of nitriles is 1. The fraction of sp³-hybridized carbons (Fsp3) is 0.556. The number of imidazole rings is 1. The molecule has 1 rings (SSSR count). The van der Waals surface area contributed by atoms with Crippen LogP contribution in [-0.2, 0) is 13.1 Å². The van der Waals surface area contributed by atoms with E-state index in [0.29, 0.717) is 6.54 Å². The molecule has 0 unspecified atom stereocenters. The van der Waals surface area contributed by atoms with Crippen LogP contribution in [0.5, 0.6) is 0 Å². The van der Waals surface area contributed by atoms with Crippen LogP contribution in [0.3, 0.4) is 0 Å². The summed E-state index contributed by atoms with van der Waals surface area (Å²) >= 11 is 0. The van der Waals surface area contributed by atoms with Gasteiger partial charge in [0.1, 0.15) is 18.5 Å². The fourth-order valence-corrected chi connectivity index (χ4v) is 1.09. The van der Waals surface area contributed by atoms with E-state index in [1.165, 1.54) is 12.8 Å². The van der Waals surface area contributed by atoms with Crippen LogP contribution in [0.2, 0.25) is 0 Å². The van der Waals surface area contributed by atoms with E-state index in [-0.39, 0.29) is 0 Å². The minimum Gasteiger partial charge on any atom is -0.237 e. The standard InChI is InChI=1S/C9H14N3/c1-2-3-5-11-7-8-12(9-11)6-4-10/h7-9H,2-3,5-6H2,1H3/q+1. The molecule has 0 aromatic carbocycles. The summed E-state index contributed by atoms with van der Waals surface area (Å²) in [4.78, 5) is 0. The molecule has 0 bridgehead atoms. The molecule has 0 saturated carbocycles. The number of hydrogen-bond donors (Lipinski definition) is 0. The average molecular weight is 164 g/mol. The monoisotopic (exact) mass is 164 g/mol. The molecule has 1 aromatic heterocycles. The number of unbranched alkanes of at least 4 members (excludes halogenated alkanes) is 1. The zero-order valence-electron chi connectivity index (χ0n) is 7.40. The Hall–Kier alpha value is -1.30. The fourth-order valence-electron chi connectivity index (χ4n) is 1.09. The van der Waals surface area contributed by atoms with Crippen molar-refractivity contribution in [2.24, 2.45) is 0 Å². The van der Waals surface area contributed by atoms with Crippen molar-refractivity contribution in [2.75, 3.05) is 0 Å². The van der Waals surface area contributed by atoms with E-state index < -0.39 is 0 Å². The summed E-state index contributed by atoms with van der Waals surface area (Å²) in [6.07, 6.45) is 8.31. The van der Waals surface area contributed by atoms with E-state index in [4.69, 9.17) is 5.26 Å². The first-order chi connectivity index (χ1) is 5.86. The van der Waals surface area contributed by atoms with Crippen LogP contribution in [-0.4, -0.2) is 4.57 Å². The van der Waals surface area contributed by atoms with Crippen molar-refractivity contribution in [1.29, 1.82) is 5.26 Å². The second-order valence-electron chi connectivity index (χ2n) is 2.84. The summed E-state index contributed by atoms with van der Waals surface area (Å²) in [5.74, 6) is 0. The highest BCUT2D eigenvalue weighted by atomic mass is 15.1. The van der Waals surface area contributed by atoms with Crippen LogP contribution in [0, 0.1) is 11.3 Å². The lowest BCUT2D eigenvalue weighted by atomic mass is 10.3. The Morgan fingerprint density at radius 2 is 2.42 bits per heavy atom. The summed E-state index contributed by atoms with van der Waals surface area (Å²) in [6, 6.07) is 2.10. The molecule has 0 fully saturated rings. The van der Waals surface area contributed by atoms with Gasteiger partial charge in [0.2, 0.25) is 6.33 Å². The maximum absolute atomic E-state index is 8.42. The molecule has 12 heavy (non-hydrogen) atoms. The van der Waals surface area contributed by atoms with Crippen molar-refractivity contribution in [3.8, 4) is 6.07 Å². The molecule has 0 radical (unpaired) electrons. The van der Waals surface area contributed by atoms with Crippen LogP contribution in [0.4, 0.5) is 0 Å². The van der Waals surface area contributed by atoms with Crippen molar-refractivity contribution in [1.82, 2.24) is 4.57 Å². The van der Waals surface area contributed by atoms with Gasteiger partial charge in [-0.3, -0.25) is 0 Å². The van der Waals surface area contributed by atoms with Gasteiger partial charge in [-0.05, 0) is 6.42 Å². The predicted molar refractivity (Wildman–Crippen MR) is 45.1 cm³/mol. The zero-order valence-corrected chi connectivity index (χ0v) is 7.40. The molecular weight excluding hydrogens is 150 g/mol. The largest absolute Gasteiger partial charge is 0.244 e. The molecule has 0 aliphatic rings. The van der Waals surface area contributed by atoms with Crippen molar-refractivity contribution in [2.45, 2.75) is 32.9 Å². The van der Waals surface area contributed by atoms with Gasteiger partial charge in [0.05, 0.1) is 6.54 Å². The molecular formula is C9H14N3+. The van der Waals surface area contributed by atoms with Gasteiger partial charge in [0.15, 0.2) is 6.54 Å². The summed E-state index contributed by atoms with van der Waals surface area (Å²) in [5, 5.41) is 8.42. The van der Waals surface area contributed by atoms with E-state index in [1.807, 2.05) is 23.3 Å². The maximum atomic E-state index is 8.42. The number of aryl methyl sites for hydroxylation is 1. The lowest BCUT2D eigenvalue weighted by molar-refractivity contribution is -0.696. The third kappa shape index (κ3) is 2.39. The van der Waals surface area contributed by atoms with Crippen LogP contribution < -0.4 is 4.57 Å². The van der Waals surface area contributed by atoms with Gasteiger partial charge in [-0.15, -0.1) is 0 Å². The smallest absolute Gasteiger partial charge is 0.237 e. The molecule has 1 aromatic rings. The van der Waals surface area contributed by atoms with Gasteiger partial charge in [-0.2, -0.15) is 5.26 Å². The second-order valence-corrected chi connectivity index (χ2v) is 2.84. The van der Waals surface area contributed by atoms with Gasteiger partial charge in [-0.25, -0.2) is 9.13 Å². The van der Waals surface area contributed by atoms with E-state index in [9.17, 15) is 0 Å². The molecule has 0 amide bonds. The summed E-state index contributed by atoms with van der Waals surface area (Å²) in [7, 11) is 0. The van der Waals surface area contributed by atoms with Gasteiger partial charge in [0.25, 0.3) is 0 Å². The van der Waals surface area contributed by atoms with Gasteiger partial charge in [-0.1, -0.05) is 13.3 Å². The Balaban J connectivity index is 2.48. The topological polar surface area (TPSA) is 32.6 Å². The molecule has 0 N–H and O–H groups in total. The normalized spacial score (nSPS) is 9.67. The highest BCUT2D eigenvalue weighted by Crippen LogP contribution is 1.87. The Morgan fingerprint density at radius 3 is 3.08 bits per heavy atom. The Bertz CT molecular complexity index is 270. The molecule has 3 heteroatoms. The molecule has 1 heterocycles. The SMILES string of the molecule is CCCC[n+]1ccn(CC#N)c1. The average Bonchev–Trinajstić information content (AvgIpc) is 2.50. The highest BCUT2D eigenvalue weighted by Gasteiger charge is 2.00. The minimum absolute atomic E-state index is 0.444. The first-order valence-corrected chi connectivity index (χ1v) is 4.28. The molecule has 3 nitrogen and oxygen atoms in total.